The summed E-state index contributed by atoms with van der Waals surface area (Å²) < 4.78 is 5.08. The van der Waals surface area contributed by atoms with Gasteiger partial charge in [-0.25, -0.2) is 0 Å². The highest BCUT2D eigenvalue weighted by Crippen LogP contribution is 1.97. The average Bonchev–Trinajstić information content (AvgIpc) is 1.35. The van der Waals surface area contributed by atoms with Crippen LogP contribution in [0.1, 0.15) is 0 Å². The van der Waals surface area contributed by atoms with E-state index in [-0.39, 0.29) is 11.0 Å². The fraction of sp³-hybridized carbons (Fsp3) is 1.00. The second-order valence-corrected chi connectivity index (χ2v) is 6.95. The average molecular weight is 136 g/mol. The van der Waals surface area contributed by atoms with Crippen LogP contribution in [0.5, 0.6) is 0 Å². The normalized spacial score (nSPS) is 10.3. The predicted molar refractivity (Wildman–Crippen MR) is 41.7 cm³/mol. The first-order chi connectivity index (χ1) is 2.56. The van der Waals surface area contributed by atoms with Crippen LogP contribution in [0.15, 0.2) is 0 Å². The van der Waals surface area contributed by atoms with Gasteiger partial charge in [0.1, 0.15) is 0 Å². The van der Waals surface area contributed by atoms with E-state index in [0.717, 1.165) is 0 Å². The highest BCUT2D eigenvalue weighted by Gasteiger charge is 2.09. The molecule has 46 valence electrons. The molecule has 0 aromatic heterocycles. The first kappa shape index (κ1) is 10.4. The molecule has 0 saturated carbocycles. The molecule has 0 amide bonds. The lowest BCUT2D eigenvalue weighted by atomic mass is 11.8. The van der Waals surface area contributed by atoms with Gasteiger partial charge in [0.25, 0.3) is 0 Å². The number of hydrogen-bond donors (Lipinski definition) is 0. The molecule has 0 aliphatic rings. The Balaban J connectivity index is 0. The molecule has 0 N–H and O–H groups in total. The standard InChI is InChI=1S/C4H12OSi.H4Si/c1-5-6(2,3)4;/h1-4H3;1H4. The Hall–Kier alpha value is 0.394. The van der Waals surface area contributed by atoms with Gasteiger partial charge in [-0.1, -0.05) is 0 Å². The monoisotopic (exact) mass is 136 g/mol. The first-order valence-corrected chi connectivity index (χ1v) is 5.52. The van der Waals surface area contributed by atoms with Crippen molar-refractivity contribution in [1.29, 1.82) is 0 Å². The van der Waals surface area contributed by atoms with Crippen LogP contribution in [0.25, 0.3) is 0 Å². The van der Waals surface area contributed by atoms with E-state index in [9.17, 15) is 0 Å². The van der Waals surface area contributed by atoms with Crippen LogP contribution in [0.4, 0.5) is 0 Å². The molecule has 0 heterocycles. The van der Waals surface area contributed by atoms with Gasteiger partial charge in [-0.2, -0.15) is 0 Å². The van der Waals surface area contributed by atoms with E-state index in [1.54, 1.807) is 7.11 Å². The van der Waals surface area contributed by atoms with E-state index in [2.05, 4.69) is 19.6 Å². The molecule has 0 spiro atoms. The quantitative estimate of drug-likeness (QED) is 0.462. The second kappa shape index (κ2) is 3.40. The Morgan fingerprint density at radius 2 is 1.29 bits per heavy atom. The van der Waals surface area contributed by atoms with Crippen molar-refractivity contribution in [3.05, 3.63) is 0 Å². The molecule has 0 rings (SSSR count). The Morgan fingerprint density at radius 3 is 1.29 bits per heavy atom. The van der Waals surface area contributed by atoms with Crippen molar-refractivity contribution in [2.45, 2.75) is 19.6 Å². The maximum Gasteiger partial charge on any atom is 0.183 e. The fourth-order valence-electron chi connectivity index (χ4n) is 0. The van der Waals surface area contributed by atoms with Gasteiger partial charge < -0.3 is 4.43 Å². The Morgan fingerprint density at radius 1 is 1.14 bits per heavy atom. The maximum absolute atomic E-state index is 5.08. The number of rotatable bonds is 1. The van der Waals surface area contributed by atoms with Crippen LogP contribution in [-0.4, -0.2) is 26.4 Å². The summed E-state index contributed by atoms with van der Waals surface area (Å²) in [5.41, 5.74) is 0. The summed E-state index contributed by atoms with van der Waals surface area (Å²) >= 11 is 0. The van der Waals surface area contributed by atoms with Crippen molar-refractivity contribution in [1.82, 2.24) is 0 Å². The molecule has 0 atom stereocenters. The summed E-state index contributed by atoms with van der Waals surface area (Å²) in [5, 5.41) is 0. The van der Waals surface area contributed by atoms with Crippen LogP contribution in [-0.2, 0) is 4.43 Å². The third-order valence-electron chi connectivity index (χ3n) is 0.612. The van der Waals surface area contributed by atoms with E-state index >= 15 is 0 Å². The molecule has 0 unspecified atom stereocenters. The summed E-state index contributed by atoms with van der Waals surface area (Å²) in [5.74, 6) is 0. The van der Waals surface area contributed by atoms with Gasteiger partial charge in [-0.3, -0.25) is 0 Å². The third-order valence-corrected chi connectivity index (χ3v) is 1.84. The van der Waals surface area contributed by atoms with Crippen LogP contribution < -0.4 is 0 Å². The lowest BCUT2D eigenvalue weighted by molar-refractivity contribution is 0.411. The van der Waals surface area contributed by atoms with Crippen molar-refractivity contribution in [2.24, 2.45) is 0 Å². The van der Waals surface area contributed by atoms with Crippen molar-refractivity contribution >= 4 is 19.3 Å². The molecule has 0 fully saturated rings. The highest BCUT2D eigenvalue weighted by atomic mass is 28.4. The molecule has 0 radical (unpaired) electrons. The molecule has 1 nitrogen and oxygen atoms in total. The van der Waals surface area contributed by atoms with Gasteiger partial charge in [0.2, 0.25) is 0 Å². The largest absolute Gasteiger partial charge is 0.421 e. The number of hydrogen-bond acceptors (Lipinski definition) is 1. The molecular weight excluding hydrogens is 120 g/mol. The molecule has 0 aliphatic carbocycles. The highest BCUT2D eigenvalue weighted by molar-refractivity contribution is 6.69. The lowest BCUT2D eigenvalue weighted by Crippen LogP contribution is -2.22. The fourth-order valence-corrected chi connectivity index (χ4v) is 0. The van der Waals surface area contributed by atoms with Crippen molar-refractivity contribution < 1.29 is 4.43 Å². The van der Waals surface area contributed by atoms with Crippen LogP contribution in [0, 0.1) is 0 Å². The molecule has 0 aromatic rings. The van der Waals surface area contributed by atoms with Gasteiger partial charge >= 0.3 is 0 Å². The molecule has 0 aliphatic heterocycles. The van der Waals surface area contributed by atoms with E-state index in [4.69, 9.17) is 4.43 Å². The molecule has 7 heavy (non-hydrogen) atoms. The SMILES string of the molecule is CO[Si](C)(C)C.[SiH4]. The molecule has 0 saturated heterocycles. The van der Waals surface area contributed by atoms with E-state index < -0.39 is 8.32 Å². The smallest absolute Gasteiger partial charge is 0.183 e. The molecule has 0 bridgehead atoms. The van der Waals surface area contributed by atoms with Crippen molar-refractivity contribution in [3.8, 4) is 0 Å². The van der Waals surface area contributed by atoms with Crippen molar-refractivity contribution in [2.75, 3.05) is 7.11 Å². The zero-order valence-corrected chi connectivity index (χ0v) is 5.91. The van der Waals surface area contributed by atoms with Gasteiger partial charge in [-0.15, -0.1) is 0 Å². The molecular formula is C4H16OSi2. The van der Waals surface area contributed by atoms with Crippen LogP contribution in [0.2, 0.25) is 19.6 Å². The Bertz CT molecular complexity index is 39.4. The summed E-state index contributed by atoms with van der Waals surface area (Å²) in [4.78, 5) is 0. The summed E-state index contributed by atoms with van der Waals surface area (Å²) in [6.45, 7) is 6.48. The third kappa shape index (κ3) is 10.7. The minimum atomic E-state index is -1.13. The van der Waals surface area contributed by atoms with Gasteiger partial charge in [0, 0.05) is 7.11 Å². The summed E-state index contributed by atoms with van der Waals surface area (Å²) in [6, 6.07) is 0. The van der Waals surface area contributed by atoms with Crippen LogP contribution in [0.3, 0.4) is 0 Å². The summed E-state index contributed by atoms with van der Waals surface area (Å²) in [7, 11) is 0.639. The second-order valence-electron chi connectivity index (χ2n) is 2.32. The van der Waals surface area contributed by atoms with E-state index in [0.29, 0.717) is 0 Å². The zero-order valence-electron chi connectivity index (χ0n) is 4.91. The minimum Gasteiger partial charge on any atom is -0.421 e. The maximum atomic E-state index is 5.08. The predicted octanol–water partition coefficient (Wildman–Crippen LogP) is 0.0161. The van der Waals surface area contributed by atoms with Crippen LogP contribution >= 0.6 is 0 Å². The first-order valence-electron chi connectivity index (χ1n) is 2.11. The topological polar surface area (TPSA) is 9.23 Å². The van der Waals surface area contributed by atoms with Gasteiger partial charge in [-0.05, 0) is 30.6 Å². The van der Waals surface area contributed by atoms with E-state index in [1.807, 2.05) is 0 Å². The van der Waals surface area contributed by atoms with Gasteiger partial charge in [0.05, 0.1) is 0 Å². The lowest BCUT2D eigenvalue weighted by Gasteiger charge is -2.10. The molecule has 3 heteroatoms. The Kier molecular flexibility index (Phi) is 5.05. The van der Waals surface area contributed by atoms with E-state index in [1.165, 1.54) is 0 Å². The Labute approximate surface area is 51.2 Å². The molecule has 0 aromatic carbocycles. The summed E-state index contributed by atoms with van der Waals surface area (Å²) in [6.07, 6.45) is 0. The van der Waals surface area contributed by atoms with Crippen molar-refractivity contribution in [3.63, 3.8) is 0 Å². The zero-order chi connectivity index (χ0) is 5.21. The van der Waals surface area contributed by atoms with Gasteiger partial charge in [0.15, 0.2) is 8.32 Å². The minimum absolute atomic E-state index is 0.